The Morgan fingerprint density at radius 2 is 2.35 bits per heavy atom. The van der Waals surface area contributed by atoms with Gasteiger partial charge in [-0.05, 0) is 35.3 Å². The van der Waals surface area contributed by atoms with Crippen LogP contribution in [0.5, 0.6) is 0 Å². The van der Waals surface area contributed by atoms with E-state index < -0.39 is 0 Å². The predicted octanol–water partition coefficient (Wildman–Crippen LogP) is 3.85. The number of aromatic nitrogens is 2. The van der Waals surface area contributed by atoms with Gasteiger partial charge in [-0.1, -0.05) is 0 Å². The van der Waals surface area contributed by atoms with Gasteiger partial charge in [0, 0.05) is 25.0 Å². The molecule has 3 rings (SSSR count). The van der Waals surface area contributed by atoms with Crippen molar-refractivity contribution in [3.63, 3.8) is 0 Å². The Hall–Kier alpha value is -0.650. The molecule has 2 aromatic rings. The van der Waals surface area contributed by atoms with Gasteiger partial charge in [-0.15, -0.1) is 11.6 Å². The molecular weight excluding hydrogens is 347 g/mol. The maximum Gasteiger partial charge on any atom is 0.139 e. The molecule has 3 nitrogen and oxygen atoms in total. The molecule has 1 saturated heterocycles. The van der Waals surface area contributed by atoms with Crippen LogP contribution < -0.4 is 0 Å². The first-order valence-corrected chi connectivity index (χ1v) is 7.88. The van der Waals surface area contributed by atoms with Crippen LogP contribution in [0.2, 0.25) is 0 Å². The Morgan fingerprint density at radius 1 is 1.55 bits per heavy atom. The molecule has 0 spiro atoms. The summed E-state index contributed by atoms with van der Waals surface area (Å²) in [5.74, 6) is 1.08. The molecule has 0 aliphatic carbocycles. The van der Waals surface area contributed by atoms with Crippen molar-refractivity contribution in [2.75, 3.05) is 19.1 Å². The summed E-state index contributed by atoms with van der Waals surface area (Å²) in [7, 11) is 0. The van der Waals surface area contributed by atoms with Crippen molar-refractivity contribution in [2.24, 2.45) is 0 Å². The Morgan fingerprint density at radius 3 is 3.00 bits per heavy atom. The molecule has 1 fully saturated rings. The zero-order valence-corrected chi connectivity index (χ0v) is 13.5. The van der Waals surface area contributed by atoms with Gasteiger partial charge < -0.3 is 9.30 Å². The number of hydrogen-bond donors (Lipinski definition) is 0. The summed E-state index contributed by atoms with van der Waals surface area (Å²) in [6, 6.07) is 3.26. The molecule has 0 saturated carbocycles. The van der Waals surface area contributed by atoms with Gasteiger partial charge in [0.2, 0.25) is 0 Å². The number of ether oxygens (including phenoxy) is 1. The van der Waals surface area contributed by atoms with Crippen molar-refractivity contribution in [3.05, 3.63) is 28.2 Å². The highest BCUT2D eigenvalue weighted by Crippen LogP contribution is 2.34. The first-order chi connectivity index (χ1) is 9.55. The van der Waals surface area contributed by atoms with E-state index in [9.17, 15) is 4.39 Å². The molecule has 1 unspecified atom stereocenters. The van der Waals surface area contributed by atoms with E-state index in [0.29, 0.717) is 28.9 Å². The number of aryl methyl sites for hydroxylation is 1. The second-order valence-corrected chi connectivity index (χ2v) is 6.59. The summed E-state index contributed by atoms with van der Waals surface area (Å²) >= 11 is 9.13. The van der Waals surface area contributed by atoms with Crippen molar-refractivity contribution in [3.8, 4) is 0 Å². The number of alkyl halides is 1. The third kappa shape index (κ3) is 2.26. The fourth-order valence-electron chi connectivity index (χ4n) is 2.81. The van der Waals surface area contributed by atoms with Gasteiger partial charge >= 0.3 is 0 Å². The average molecular weight is 362 g/mol. The van der Waals surface area contributed by atoms with E-state index in [2.05, 4.69) is 32.4 Å². The zero-order valence-electron chi connectivity index (χ0n) is 11.1. The van der Waals surface area contributed by atoms with Crippen molar-refractivity contribution in [1.29, 1.82) is 0 Å². The van der Waals surface area contributed by atoms with Crippen molar-refractivity contribution >= 4 is 38.6 Å². The van der Waals surface area contributed by atoms with Crippen molar-refractivity contribution < 1.29 is 9.13 Å². The molecule has 6 heteroatoms. The first kappa shape index (κ1) is 14.3. The smallest absolute Gasteiger partial charge is 0.139 e. The number of hydrogen-bond acceptors (Lipinski definition) is 2. The normalized spacial score (nSPS) is 22.8. The van der Waals surface area contributed by atoms with Gasteiger partial charge in [0.25, 0.3) is 0 Å². The van der Waals surface area contributed by atoms with Gasteiger partial charge in [0.1, 0.15) is 11.6 Å². The van der Waals surface area contributed by atoms with E-state index in [1.54, 1.807) is 6.07 Å². The van der Waals surface area contributed by atoms with Crippen LogP contribution in [0.25, 0.3) is 11.0 Å². The van der Waals surface area contributed by atoms with Crippen LogP contribution in [0.3, 0.4) is 0 Å². The molecule has 0 radical (unpaired) electrons. The third-order valence-electron chi connectivity index (χ3n) is 3.82. The minimum Gasteiger partial charge on any atom is -0.379 e. The highest BCUT2D eigenvalue weighted by atomic mass is 79.9. The number of fused-ring (bicyclic) bond motifs is 1. The lowest BCUT2D eigenvalue weighted by Crippen LogP contribution is -2.32. The number of halogens is 3. The molecule has 20 heavy (non-hydrogen) atoms. The maximum absolute atomic E-state index is 13.7. The summed E-state index contributed by atoms with van der Waals surface area (Å²) in [5.41, 5.74) is 1.44. The molecular formula is C14H15BrClFN2O. The molecule has 1 aliphatic heterocycles. The number of imidazole rings is 1. The molecule has 1 aromatic heterocycles. The highest BCUT2D eigenvalue weighted by Gasteiger charge is 2.35. The Bertz CT molecular complexity index is 652. The van der Waals surface area contributed by atoms with Crippen LogP contribution in [-0.4, -0.2) is 28.6 Å². The minimum absolute atomic E-state index is 0.145. The summed E-state index contributed by atoms with van der Waals surface area (Å²) in [6.45, 7) is 3.53. The monoisotopic (exact) mass is 360 g/mol. The van der Waals surface area contributed by atoms with Gasteiger partial charge in [-0.3, -0.25) is 0 Å². The SMILES string of the molecule is CC1(n2c(CCCl)nc3cc(F)c(Br)cc32)CCOC1. The van der Waals surface area contributed by atoms with Gasteiger partial charge in [0.15, 0.2) is 0 Å². The van der Waals surface area contributed by atoms with E-state index in [4.69, 9.17) is 16.3 Å². The molecule has 0 amide bonds. The van der Waals surface area contributed by atoms with Crippen LogP contribution in [0, 0.1) is 5.82 Å². The molecule has 1 aliphatic rings. The molecule has 0 bridgehead atoms. The van der Waals surface area contributed by atoms with Crippen LogP contribution >= 0.6 is 27.5 Å². The maximum atomic E-state index is 13.7. The Balaban J connectivity index is 2.25. The largest absolute Gasteiger partial charge is 0.379 e. The van der Waals surface area contributed by atoms with E-state index in [0.717, 1.165) is 24.4 Å². The lowest BCUT2D eigenvalue weighted by atomic mass is 10.0. The van der Waals surface area contributed by atoms with E-state index in [1.807, 2.05) is 0 Å². The Kier molecular flexibility index (Phi) is 3.77. The van der Waals surface area contributed by atoms with Gasteiger partial charge in [-0.2, -0.15) is 0 Å². The van der Waals surface area contributed by atoms with Crippen LogP contribution in [0.15, 0.2) is 16.6 Å². The minimum atomic E-state index is -0.299. The molecule has 1 atom stereocenters. The summed E-state index contributed by atoms with van der Waals surface area (Å²) in [4.78, 5) is 4.56. The van der Waals surface area contributed by atoms with E-state index in [1.165, 1.54) is 6.07 Å². The molecule has 2 heterocycles. The number of rotatable bonds is 3. The zero-order chi connectivity index (χ0) is 14.3. The van der Waals surface area contributed by atoms with E-state index >= 15 is 0 Å². The Labute approximate surface area is 130 Å². The second kappa shape index (κ2) is 5.28. The molecule has 108 valence electrons. The first-order valence-electron chi connectivity index (χ1n) is 6.56. The average Bonchev–Trinajstić information content (AvgIpc) is 2.96. The summed E-state index contributed by atoms with van der Waals surface area (Å²) in [5, 5.41) is 0. The fourth-order valence-corrected chi connectivity index (χ4v) is 3.31. The second-order valence-electron chi connectivity index (χ2n) is 5.36. The fraction of sp³-hybridized carbons (Fsp3) is 0.500. The lowest BCUT2D eigenvalue weighted by molar-refractivity contribution is 0.162. The van der Waals surface area contributed by atoms with Gasteiger partial charge in [0.05, 0.1) is 27.7 Å². The van der Waals surface area contributed by atoms with Crippen LogP contribution in [0.1, 0.15) is 19.2 Å². The van der Waals surface area contributed by atoms with E-state index in [-0.39, 0.29) is 11.4 Å². The number of benzene rings is 1. The standard InChI is InChI=1S/C14H15BrClFN2O/c1-14(3-5-20-8-14)19-12-6-9(15)10(17)7-11(12)18-13(19)2-4-16/h6-7H,2-5,8H2,1H3. The third-order valence-corrected chi connectivity index (χ3v) is 4.62. The quantitative estimate of drug-likeness (QED) is 0.776. The molecule has 0 N–H and O–H groups in total. The van der Waals surface area contributed by atoms with Crippen molar-refractivity contribution in [1.82, 2.24) is 9.55 Å². The topological polar surface area (TPSA) is 27.1 Å². The summed E-state index contributed by atoms with van der Waals surface area (Å²) < 4.78 is 21.9. The number of nitrogens with zero attached hydrogens (tertiary/aromatic N) is 2. The highest BCUT2D eigenvalue weighted by molar-refractivity contribution is 9.10. The van der Waals surface area contributed by atoms with Crippen LogP contribution in [-0.2, 0) is 16.7 Å². The molecule has 1 aromatic carbocycles. The lowest BCUT2D eigenvalue weighted by Gasteiger charge is -2.27. The predicted molar refractivity (Wildman–Crippen MR) is 80.9 cm³/mol. The van der Waals surface area contributed by atoms with Crippen LogP contribution in [0.4, 0.5) is 4.39 Å². The van der Waals surface area contributed by atoms with Gasteiger partial charge in [-0.25, -0.2) is 9.37 Å². The summed E-state index contributed by atoms with van der Waals surface area (Å²) in [6.07, 6.45) is 1.58. The van der Waals surface area contributed by atoms with Crippen molar-refractivity contribution in [2.45, 2.75) is 25.3 Å².